The molecule has 1 aromatic rings. The number of hydrogen-bond donors (Lipinski definition) is 1. The number of aromatic nitrogens is 2. The van der Waals surface area contributed by atoms with Crippen LogP contribution >= 0.6 is 0 Å². The maximum absolute atomic E-state index is 12.7. The summed E-state index contributed by atoms with van der Waals surface area (Å²) in [4.78, 5) is 33.3. The fourth-order valence-electron chi connectivity index (χ4n) is 3.35. The minimum Gasteiger partial charge on any atom is -0.343 e. The number of carbonyl (C=O) groups is 2. The van der Waals surface area contributed by atoms with Crippen LogP contribution in [0.2, 0.25) is 0 Å². The molecule has 0 spiro atoms. The number of aryl methyl sites for hydroxylation is 1. The monoisotopic (exact) mass is 349 g/mol. The average Bonchev–Trinajstić information content (AvgIpc) is 3.05. The highest BCUT2D eigenvalue weighted by Gasteiger charge is 2.30. The molecule has 2 amide bonds. The van der Waals surface area contributed by atoms with Gasteiger partial charge in [0.05, 0.1) is 0 Å². The molecule has 2 heterocycles. The van der Waals surface area contributed by atoms with E-state index in [4.69, 9.17) is 0 Å². The average molecular weight is 349 g/mol. The number of carbonyl (C=O) groups excluding carboxylic acids is 2. The van der Waals surface area contributed by atoms with Crippen LogP contribution in [0.1, 0.15) is 51.4 Å². The van der Waals surface area contributed by atoms with Crippen molar-refractivity contribution < 1.29 is 9.59 Å². The molecule has 0 aromatic carbocycles. The molecule has 7 nitrogen and oxygen atoms in total. The van der Waals surface area contributed by atoms with Gasteiger partial charge in [0.25, 0.3) is 0 Å². The van der Waals surface area contributed by atoms with E-state index in [9.17, 15) is 9.59 Å². The van der Waals surface area contributed by atoms with Crippen LogP contribution in [-0.2, 0) is 16.6 Å². The molecular weight excluding hydrogens is 318 g/mol. The summed E-state index contributed by atoms with van der Waals surface area (Å²) < 4.78 is 1.95. The summed E-state index contributed by atoms with van der Waals surface area (Å²) in [5, 5.41) is 3.33. The van der Waals surface area contributed by atoms with Gasteiger partial charge in [-0.2, -0.15) is 0 Å². The van der Waals surface area contributed by atoms with Gasteiger partial charge >= 0.3 is 0 Å². The van der Waals surface area contributed by atoms with E-state index in [1.807, 2.05) is 27.6 Å². The first-order valence-corrected chi connectivity index (χ1v) is 9.33. The maximum Gasteiger partial charge on any atom is 0.223 e. The Morgan fingerprint density at radius 3 is 2.60 bits per heavy atom. The van der Waals surface area contributed by atoms with E-state index in [0.29, 0.717) is 13.1 Å². The SMILES string of the molecule is CCCN(CCC)C(=O)CCC(=O)N1CCNCC1c1nccn1C. The maximum atomic E-state index is 12.7. The Morgan fingerprint density at radius 2 is 2.00 bits per heavy atom. The lowest BCUT2D eigenvalue weighted by Gasteiger charge is -2.36. The molecule has 140 valence electrons. The molecule has 7 heteroatoms. The number of hydrogen-bond acceptors (Lipinski definition) is 4. The van der Waals surface area contributed by atoms with E-state index >= 15 is 0 Å². The second-order valence-corrected chi connectivity index (χ2v) is 6.58. The zero-order valence-electron chi connectivity index (χ0n) is 15.7. The molecule has 0 aliphatic carbocycles. The molecule has 1 aliphatic heterocycles. The fraction of sp³-hybridized carbons (Fsp3) is 0.722. The second kappa shape index (κ2) is 9.56. The molecule has 1 N–H and O–H groups in total. The Labute approximate surface area is 150 Å². The molecule has 1 saturated heterocycles. The van der Waals surface area contributed by atoms with Gasteiger partial charge < -0.3 is 19.7 Å². The van der Waals surface area contributed by atoms with Crippen LogP contribution in [0.4, 0.5) is 0 Å². The second-order valence-electron chi connectivity index (χ2n) is 6.58. The van der Waals surface area contributed by atoms with Crippen molar-refractivity contribution >= 4 is 11.8 Å². The van der Waals surface area contributed by atoms with Crippen LogP contribution in [0.25, 0.3) is 0 Å². The summed E-state index contributed by atoms with van der Waals surface area (Å²) >= 11 is 0. The largest absolute Gasteiger partial charge is 0.343 e. The third-order valence-electron chi connectivity index (χ3n) is 4.61. The van der Waals surface area contributed by atoms with E-state index in [2.05, 4.69) is 24.1 Å². The highest BCUT2D eigenvalue weighted by atomic mass is 16.2. The molecule has 0 bridgehead atoms. The van der Waals surface area contributed by atoms with E-state index in [-0.39, 0.29) is 30.7 Å². The van der Waals surface area contributed by atoms with Crippen LogP contribution in [0, 0.1) is 0 Å². The van der Waals surface area contributed by atoms with Crippen molar-refractivity contribution in [2.75, 3.05) is 32.7 Å². The Bertz CT molecular complexity index is 566. The zero-order chi connectivity index (χ0) is 18.2. The van der Waals surface area contributed by atoms with E-state index in [1.54, 1.807) is 6.20 Å². The highest BCUT2D eigenvalue weighted by molar-refractivity contribution is 5.84. The van der Waals surface area contributed by atoms with E-state index in [0.717, 1.165) is 38.3 Å². The van der Waals surface area contributed by atoms with Gasteiger partial charge in [-0.05, 0) is 12.8 Å². The number of amides is 2. The Hall–Kier alpha value is -1.89. The third-order valence-corrected chi connectivity index (χ3v) is 4.61. The topological polar surface area (TPSA) is 70.5 Å². The van der Waals surface area contributed by atoms with E-state index in [1.165, 1.54) is 0 Å². The van der Waals surface area contributed by atoms with E-state index < -0.39 is 0 Å². The van der Waals surface area contributed by atoms with Crippen LogP contribution < -0.4 is 5.32 Å². The lowest BCUT2D eigenvalue weighted by Crippen LogP contribution is -2.49. The predicted molar refractivity (Wildman–Crippen MR) is 96.9 cm³/mol. The predicted octanol–water partition coefficient (Wildman–Crippen LogP) is 1.32. The first-order chi connectivity index (χ1) is 12.1. The zero-order valence-corrected chi connectivity index (χ0v) is 15.7. The molecule has 1 atom stereocenters. The Balaban J connectivity index is 1.96. The molecule has 1 aromatic heterocycles. The normalized spacial score (nSPS) is 17.6. The van der Waals surface area contributed by atoms with Gasteiger partial charge in [0, 0.05) is 65.0 Å². The number of piperazine rings is 1. The van der Waals surface area contributed by atoms with Gasteiger partial charge in [-0.15, -0.1) is 0 Å². The van der Waals surface area contributed by atoms with Gasteiger partial charge in [0.15, 0.2) is 0 Å². The Morgan fingerprint density at radius 1 is 1.28 bits per heavy atom. The number of imidazole rings is 1. The van der Waals surface area contributed by atoms with Gasteiger partial charge in [-0.1, -0.05) is 13.8 Å². The summed E-state index contributed by atoms with van der Waals surface area (Å²) in [6, 6.07) is -0.0706. The molecule has 2 rings (SSSR count). The summed E-state index contributed by atoms with van der Waals surface area (Å²) in [6.07, 6.45) is 6.09. The summed E-state index contributed by atoms with van der Waals surface area (Å²) in [5.74, 6) is 1.00. The minimum absolute atomic E-state index is 0.0378. The van der Waals surface area contributed by atoms with Crippen LogP contribution in [0.15, 0.2) is 12.4 Å². The quantitative estimate of drug-likeness (QED) is 0.768. The first kappa shape index (κ1) is 19.4. The number of nitrogens with zero attached hydrogens (tertiary/aromatic N) is 4. The van der Waals surface area contributed by atoms with Gasteiger partial charge in [0.2, 0.25) is 11.8 Å². The lowest BCUT2D eigenvalue weighted by atomic mass is 10.1. The standard InChI is InChI=1S/C18H31N5O2/c1-4-10-22(11-5-2)16(24)6-7-17(25)23-13-8-19-14-15(23)18-20-9-12-21(18)3/h9,12,15,19H,4-8,10-11,13-14H2,1-3H3. The van der Waals surface area contributed by atoms with Gasteiger partial charge in [-0.25, -0.2) is 4.98 Å². The summed E-state index contributed by atoms with van der Waals surface area (Å²) in [5.41, 5.74) is 0. The number of nitrogens with one attached hydrogen (secondary N) is 1. The van der Waals surface area contributed by atoms with Crippen molar-refractivity contribution in [1.82, 2.24) is 24.7 Å². The lowest BCUT2D eigenvalue weighted by molar-refractivity contribution is -0.139. The van der Waals surface area contributed by atoms with Crippen LogP contribution in [-0.4, -0.2) is 63.9 Å². The fourth-order valence-corrected chi connectivity index (χ4v) is 3.35. The molecule has 1 aliphatic rings. The van der Waals surface area contributed by atoms with Gasteiger partial charge in [0.1, 0.15) is 11.9 Å². The van der Waals surface area contributed by atoms with Crippen molar-refractivity contribution in [1.29, 1.82) is 0 Å². The first-order valence-electron chi connectivity index (χ1n) is 9.33. The third kappa shape index (κ3) is 5.04. The number of rotatable bonds is 8. The highest BCUT2D eigenvalue weighted by Crippen LogP contribution is 2.21. The van der Waals surface area contributed by atoms with Crippen molar-refractivity contribution in [3.63, 3.8) is 0 Å². The molecule has 1 unspecified atom stereocenters. The smallest absolute Gasteiger partial charge is 0.223 e. The summed E-state index contributed by atoms with van der Waals surface area (Å²) in [7, 11) is 1.94. The molecular formula is C18H31N5O2. The van der Waals surface area contributed by atoms with Crippen LogP contribution in [0.3, 0.4) is 0 Å². The van der Waals surface area contributed by atoms with Crippen molar-refractivity contribution in [3.8, 4) is 0 Å². The molecule has 0 radical (unpaired) electrons. The molecule has 1 fully saturated rings. The van der Waals surface area contributed by atoms with Crippen molar-refractivity contribution in [3.05, 3.63) is 18.2 Å². The summed E-state index contributed by atoms with van der Waals surface area (Å²) in [6.45, 7) is 7.80. The molecule has 25 heavy (non-hydrogen) atoms. The van der Waals surface area contributed by atoms with Crippen molar-refractivity contribution in [2.45, 2.75) is 45.6 Å². The van der Waals surface area contributed by atoms with Gasteiger partial charge in [-0.3, -0.25) is 9.59 Å². The van der Waals surface area contributed by atoms with Crippen molar-refractivity contribution in [2.24, 2.45) is 7.05 Å². The Kier molecular flexibility index (Phi) is 7.43. The van der Waals surface area contributed by atoms with Crippen LogP contribution in [0.5, 0.6) is 0 Å². The molecule has 0 saturated carbocycles. The minimum atomic E-state index is -0.0706.